The van der Waals surface area contributed by atoms with Gasteiger partial charge < -0.3 is 0 Å². The number of aryl methyl sites for hydroxylation is 4. The van der Waals surface area contributed by atoms with Crippen molar-refractivity contribution in [1.82, 2.24) is 0 Å². The highest BCUT2D eigenvalue weighted by atomic mass is 14.1. The Morgan fingerprint density at radius 1 is 0.196 bits per heavy atom. The molecule has 0 aromatic heterocycles. The molecule has 9 aromatic rings. The summed E-state index contributed by atoms with van der Waals surface area (Å²) in [5.74, 6) is 0. The van der Waals surface area contributed by atoms with E-state index in [0.717, 1.165) is 0 Å². The first-order valence-electron chi connectivity index (χ1n) is 20.7. The monoisotopic (exact) mass is 739 g/mol. The molecule has 0 bridgehead atoms. The summed E-state index contributed by atoms with van der Waals surface area (Å²) in [4.78, 5) is 0. The zero-order chi connectivity index (χ0) is 41.3. The highest BCUT2D eigenvalue weighted by Crippen LogP contribution is 2.31. The van der Waals surface area contributed by atoms with E-state index in [0.29, 0.717) is 0 Å². The Balaban J connectivity index is 0.000000249. The number of benzene rings is 9. The van der Waals surface area contributed by atoms with E-state index in [1.54, 1.807) is 0 Å². The van der Waals surface area contributed by atoms with Gasteiger partial charge in [0.05, 0.1) is 0 Å². The quantitative estimate of drug-likeness (QED) is 0.136. The zero-order valence-corrected chi connectivity index (χ0v) is 36.3. The summed E-state index contributed by atoms with van der Waals surface area (Å²) in [6, 6.07) is 63.7. The molecular weight excluding hydrogens is 673 g/mol. The SMILES string of the molecule is CC.CC.CC.CC.Cc1c(C)c2ccccc2c2ccccc12.Cc1ccccc1C.c1ccc2c(c1)ccc1ccccc12.c1ccc2ccccc2c1. The summed E-state index contributed by atoms with van der Waals surface area (Å²) in [6.45, 7) is 24.7. The van der Waals surface area contributed by atoms with Crippen molar-refractivity contribution < 1.29 is 0 Å². The van der Waals surface area contributed by atoms with Crippen LogP contribution in [0.15, 0.2) is 182 Å². The maximum atomic E-state index is 2.21. The van der Waals surface area contributed by atoms with Gasteiger partial charge in [0.15, 0.2) is 0 Å². The molecule has 0 saturated carbocycles. The van der Waals surface area contributed by atoms with E-state index in [2.05, 4.69) is 210 Å². The van der Waals surface area contributed by atoms with Crippen LogP contribution >= 0.6 is 0 Å². The molecule has 0 saturated heterocycles. The number of hydrogen-bond acceptors (Lipinski definition) is 0. The summed E-state index contributed by atoms with van der Waals surface area (Å²) in [5, 5.41) is 13.4. The van der Waals surface area contributed by atoms with Crippen molar-refractivity contribution in [2.75, 3.05) is 0 Å². The van der Waals surface area contributed by atoms with Crippen LogP contribution in [0.25, 0.3) is 53.9 Å². The second-order valence-electron chi connectivity index (χ2n) is 12.3. The lowest BCUT2D eigenvalue weighted by Gasteiger charge is -2.11. The van der Waals surface area contributed by atoms with Crippen LogP contribution in [-0.2, 0) is 0 Å². The van der Waals surface area contributed by atoms with Gasteiger partial charge in [0.1, 0.15) is 0 Å². The molecule has 0 heteroatoms. The molecule has 0 N–H and O–H groups in total. The maximum absolute atomic E-state index is 2.21. The standard InChI is InChI=1S/C16H14.C14H10.C10H8.C8H10.4C2H6/c1-11-12(2)14-8-4-6-10-16(14)15-9-5-3-7-13(11)15;1-3-7-13-11(5-1)9-10-12-6-2-4-8-14(12)13;1-2-6-10-8-4-3-7-9(10)5-1;1-7-5-3-4-6-8(7)2;4*1-2/h3-10H,1-2H3;1-10H;1-8H;3-6H,1-2H3;4*1-2H3. The van der Waals surface area contributed by atoms with E-state index in [1.165, 1.54) is 76.1 Å². The molecule has 0 radical (unpaired) electrons. The van der Waals surface area contributed by atoms with E-state index >= 15 is 0 Å². The van der Waals surface area contributed by atoms with Gasteiger partial charge in [-0.25, -0.2) is 0 Å². The fraction of sp³-hybridized carbons (Fsp3) is 0.214. The van der Waals surface area contributed by atoms with Crippen LogP contribution in [0.4, 0.5) is 0 Å². The lowest BCUT2D eigenvalue weighted by molar-refractivity contribution is 1.34. The Morgan fingerprint density at radius 2 is 0.411 bits per heavy atom. The van der Waals surface area contributed by atoms with Crippen LogP contribution in [0.5, 0.6) is 0 Å². The molecule has 0 amide bonds. The number of hydrogen-bond donors (Lipinski definition) is 0. The molecule has 0 nitrogen and oxygen atoms in total. The van der Waals surface area contributed by atoms with E-state index in [-0.39, 0.29) is 0 Å². The lowest BCUT2D eigenvalue weighted by Crippen LogP contribution is -1.87. The predicted molar refractivity (Wildman–Crippen MR) is 258 cm³/mol. The van der Waals surface area contributed by atoms with Crippen molar-refractivity contribution in [3.63, 3.8) is 0 Å². The van der Waals surface area contributed by atoms with Gasteiger partial charge in [-0.3, -0.25) is 0 Å². The van der Waals surface area contributed by atoms with Gasteiger partial charge >= 0.3 is 0 Å². The van der Waals surface area contributed by atoms with Crippen LogP contribution < -0.4 is 0 Å². The smallest absolute Gasteiger partial charge is 0.0103 e. The predicted octanol–water partition coefficient (Wildman–Crippen LogP) is 17.9. The molecule has 56 heavy (non-hydrogen) atoms. The molecule has 0 atom stereocenters. The summed E-state index contributed by atoms with van der Waals surface area (Å²) in [6.07, 6.45) is 0. The first kappa shape index (κ1) is 46.4. The van der Waals surface area contributed by atoms with Gasteiger partial charge in [-0.15, -0.1) is 0 Å². The molecule has 9 rings (SSSR count). The van der Waals surface area contributed by atoms with Gasteiger partial charge in [-0.1, -0.05) is 237 Å². The van der Waals surface area contributed by atoms with Gasteiger partial charge in [0.2, 0.25) is 0 Å². The molecule has 0 fully saturated rings. The molecule has 0 spiro atoms. The molecule has 290 valence electrons. The molecule has 0 unspecified atom stereocenters. The van der Waals surface area contributed by atoms with Crippen molar-refractivity contribution in [3.05, 3.63) is 204 Å². The minimum Gasteiger partial charge on any atom is -0.0683 e. The fourth-order valence-electron chi connectivity index (χ4n) is 6.24. The van der Waals surface area contributed by atoms with Crippen LogP contribution in [0.2, 0.25) is 0 Å². The van der Waals surface area contributed by atoms with Gasteiger partial charge in [0, 0.05) is 0 Å². The Kier molecular flexibility index (Phi) is 21.7. The fourth-order valence-corrected chi connectivity index (χ4v) is 6.24. The van der Waals surface area contributed by atoms with Crippen LogP contribution in [0.1, 0.15) is 77.6 Å². The molecule has 0 heterocycles. The molecule has 9 aromatic carbocycles. The summed E-state index contributed by atoms with van der Waals surface area (Å²) in [5.41, 5.74) is 5.53. The largest absolute Gasteiger partial charge is 0.0683 e. The van der Waals surface area contributed by atoms with Crippen LogP contribution in [0.3, 0.4) is 0 Å². The highest BCUT2D eigenvalue weighted by Gasteiger charge is 2.06. The second kappa shape index (κ2) is 26.1. The second-order valence-corrected chi connectivity index (χ2v) is 12.3. The van der Waals surface area contributed by atoms with Crippen molar-refractivity contribution in [2.45, 2.75) is 83.1 Å². The Bertz CT molecular complexity index is 2250. The first-order valence-corrected chi connectivity index (χ1v) is 20.7. The normalized spacial score (nSPS) is 9.43. The maximum Gasteiger partial charge on any atom is -0.0103 e. The van der Waals surface area contributed by atoms with Crippen molar-refractivity contribution in [1.29, 1.82) is 0 Å². The third-order valence-electron chi connectivity index (χ3n) is 9.25. The topological polar surface area (TPSA) is 0 Å². The highest BCUT2D eigenvalue weighted by molar-refractivity contribution is 6.10. The van der Waals surface area contributed by atoms with E-state index in [4.69, 9.17) is 0 Å². The Hall–Kier alpha value is -5.72. The van der Waals surface area contributed by atoms with Gasteiger partial charge in [-0.2, -0.15) is 0 Å². The molecule has 0 aliphatic carbocycles. The number of rotatable bonds is 0. The summed E-state index contributed by atoms with van der Waals surface area (Å²) < 4.78 is 0. The lowest BCUT2D eigenvalue weighted by atomic mass is 9.93. The van der Waals surface area contributed by atoms with E-state index < -0.39 is 0 Å². The summed E-state index contributed by atoms with van der Waals surface area (Å²) in [7, 11) is 0. The number of fused-ring (bicyclic) bond motifs is 7. The summed E-state index contributed by atoms with van der Waals surface area (Å²) >= 11 is 0. The first-order chi connectivity index (χ1) is 27.5. The van der Waals surface area contributed by atoms with Crippen molar-refractivity contribution in [2.24, 2.45) is 0 Å². The minimum atomic E-state index is 1.31. The zero-order valence-electron chi connectivity index (χ0n) is 36.3. The van der Waals surface area contributed by atoms with Crippen LogP contribution in [-0.4, -0.2) is 0 Å². The Labute approximate surface area is 339 Å². The molecule has 0 aliphatic heterocycles. The van der Waals surface area contributed by atoms with E-state index in [1.807, 2.05) is 55.4 Å². The minimum absolute atomic E-state index is 1.31. The van der Waals surface area contributed by atoms with E-state index in [9.17, 15) is 0 Å². The average molecular weight is 739 g/mol. The molecule has 0 aliphatic rings. The van der Waals surface area contributed by atoms with Gasteiger partial charge in [0.25, 0.3) is 0 Å². The van der Waals surface area contributed by atoms with Crippen LogP contribution in [0, 0.1) is 27.7 Å². The van der Waals surface area contributed by atoms with Crippen molar-refractivity contribution in [3.8, 4) is 0 Å². The molecular formula is C56H66. The third kappa shape index (κ3) is 12.7. The third-order valence-corrected chi connectivity index (χ3v) is 9.25. The van der Waals surface area contributed by atoms with Crippen molar-refractivity contribution >= 4 is 53.9 Å². The Morgan fingerprint density at radius 3 is 0.696 bits per heavy atom. The van der Waals surface area contributed by atoms with Gasteiger partial charge in [-0.05, 0) is 104 Å². The average Bonchev–Trinajstić information content (AvgIpc) is 3.30.